The molecule has 5 rings (SSSR count). The molecule has 1 aromatic heterocycles. The molecular weight excluding hydrogens is 446 g/mol. The van der Waals surface area contributed by atoms with Crippen LogP contribution in [-0.2, 0) is 6.42 Å². The Balaban J connectivity index is 1.32. The Morgan fingerprint density at radius 3 is 2.81 bits per heavy atom. The molecule has 0 unspecified atom stereocenters. The van der Waals surface area contributed by atoms with Gasteiger partial charge >= 0.3 is 0 Å². The minimum atomic E-state index is 0.734. The number of fused-ring (bicyclic) bond motifs is 1. The quantitative estimate of drug-likeness (QED) is 0.411. The maximum Gasteiger partial charge on any atom is 0.141 e. The van der Waals surface area contributed by atoms with Gasteiger partial charge in [-0.25, -0.2) is 9.97 Å². The van der Waals surface area contributed by atoms with E-state index < -0.39 is 0 Å². The van der Waals surface area contributed by atoms with E-state index in [0.717, 1.165) is 70.6 Å². The summed E-state index contributed by atoms with van der Waals surface area (Å²) in [5, 5.41) is 8.00. The van der Waals surface area contributed by atoms with Crippen molar-refractivity contribution in [2.45, 2.75) is 33.1 Å². The summed E-state index contributed by atoms with van der Waals surface area (Å²) in [4.78, 5) is 11.0. The van der Waals surface area contributed by atoms with E-state index >= 15 is 0 Å². The van der Waals surface area contributed by atoms with Crippen molar-refractivity contribution >= 4 is 22.4 Å². The molecule has 6 nitrogen and oxygen atoms in total. The van der Waals surface area contributed by atoms with Gasteiger partial charge in [-0.3, -0.25) is 0 Å². The van der Waals surface area contributed by atoms with Gasteiger partial charge < -0.3 is 20.3 Å². The van der Waals surface area contributed by atoms with Crippen LogP contribution in [-0.4, -0.2) is 28.0 Å². The predicted molar refractivity (Wildman–Crippen MR) is 147 cm³/mol. The first kappa shape index (κ1) is 23.8. The largest absolute Gasteiger partial charge is 0.457 e. The van der Waals surface area contributed by atoms with E-state index in [2.05, 4.69) is 51.4 Å². The van der Waals surface area contributed by atoms with Gasteiger partial charge in [0.25, 0.3) is 0 Å². The molecule has 2 aliphatic heterocycles. The Morgan fingerprint density at radius 1 is 1.17 bits per heavy atom. The van der Waals surface area contributed by atoms with Crippen molar-refractivity contribution in [2.75, 3.05) is 18.4 Å². The highest BCUT2D eigenvalue weighted by Crippen LogP contribution is 2.30. The fraction of sp³-hybridized carbons (Fsp3) is 0.267. The van der Waals surface area contributed by atoms with Gasteiger partial charge in [-0.05, 0) is 99.7 Å². The summed E-state index contributed by atoms with van der Waals surface area (Å²) in [7, 11) is 0. The fourth-order valence-electron chi connectivity index (χ4n) is 4.76. The Morgan fingerprint density at radius 2 is 2.03 bits per heavy atom. The first-order chi connectivity index (χ1) is 17.6. The number of piperidine rings is 1. The highest BCUT2D eigenvalue weighted by molar-refractivity contribution is 5.91. The van der Waals surface area contributed by atoms with Crippen LogP contribution >= 0.6 is 0 Å². The summed E-state index contributed by atoms with van der Waals surface area (Å²) in [5.41, 5.74) is 5.13. The van der Waals surface area contributed by atoms with Crippen molar-refractivity contribution in [2.24, 2.45) is 5.92 Å². The van der Waals surface area contributed by atoms with Crippen LogP contribution in [0, 0.1) is 12.8 Å². The molecule has 2 aromatic carbocycles. The molecule has 0 aliphatic carbocycles. The highest BCUT2D eigenvalue weighted by Gasteiger charge is 2.15. The number of aromatic nitrogens is 2. The van der Waals surface area contributed by atoms with Crippen molar-refractivity contribution in [3.63, 3.8) is 0 Å². The van der Waals surface area contributed by atoms with E-state index in [4.69, 9.17) is 4.74 Å². The molecule has 2 aliphatic rings. The summed E-state index contributed by atoms with van der Waals surface area (Å²) in [5.74, 6) is 3.11. The van der Waals surface area contributed by atoms with Crippen LogP contribution in [0.2, 0.25) is 0 Å². The third-order valence-electron chi connectivity index (χ3n) is 6.70. The SMILES string of the molecule is C=C1C=C(Oc2ccc(Nc3ncnc4ccc(CC5CCNCC5)cc34)cc2C)C=CN1/C=C\C. The van der Waals surface area contributed by atoms with Crippen LogP contribution in [0.15, 0.2) is 91.4 Å². The van der Waals surface area contributed by atoms with E-state index in [-0.39, 0.29) is 0 Å². The van der Waals surface area contributed by atoms with Gasteiger partial charge in [0.1, 0.15) is 23.7 Å². The highest BCUT2D eigenvalue weighted by atomic mass is 16.5. The summed E-state index contributed by atoms with van der Waals surface area (Å²) < 4.78 is 6.15. The van der Waals surface area contributed by atoms with Crippen molar-refractivity contribution in [3.8, 4) is 5.75 Å². The number of allylic oxidation sites excluding steroid dienone is 3. The second kappa shape index (κ2) is 10.8. The van der Waals surface area contributed by atoms with Gasteiger partial charge in [-0.15, -0.1) is 0 Å². The molecule has 1 saturated heterocycles. The Labute approximate surface area is 213 Å². The molecule has 3 aromatic rings. The molecule has 0 amide bonds. The molecule has 0 saturated carbocycles. The summed E-state index contributed by atoms with van der Waals surface area (Å²) in [6.45, 7) is 10.4. The van der Waals surface area contributed by atoms with E-state index in [1.807, 2.05) is 61.5 Å². The smallest absolute Gasteiger partial charge is 0.141 e. The van der Waals surface area contributed by atoms with Gasteiger partial charge in [0.05, 0.1) is 5.52 Å². The lowest BCUT2D eigenvalue weighted by Gasteiger charge is -2.22. The standard InChI is InChI=1S/C30H33N5O/c1-4-14-35-15-11-26(17-22(35)3)36-29-8-6-25(16-21(29)2)34-30-27-19-24(5-7-28(27)32-20-33-30)18-23-9-12-31-13-10-23/h4-8,11,14-17,19-20,23,31H,3,9-10,12-13,18H2,1-2H3,(H,32,33,34)/b14-4-. The van der Waals surface area contributed by atoms with Crippen LogP contribution in [0.3, 0.4) is 0 Å². The first-order valence-electron chi connectivity index (χ1n) is 12.6. The second-order valence-electron chi connectivity index (χ2n) is 9.42. The summed E-state index contributed by atoms with van der Waals surface area (Å²) in [6.07, 6.45) is 14.9. The van der Waals surface area contributed by atoms with Gasteiger partial charge in [0.15, 0.2) is 0 Å². The molecule has 3 heterocycles. The lowest BCUT2D eigenvalue weighted by Crippen LogP contribution is -2.28. The Kier molecular flexibility index (Phi) is 7.14. The molecule has 0 spiro atoms. The Bertz CT molecular complexity index is 1350. The molecule has 0 bridgehead atoms. The summed E-state index contributed by atoms with van der Waals surface area (Å²) in [6, 6.07) is 12.6. The molecule has 36 heavy (non-hydrogen) atoms. The van der Waals surface area contributed by atoms with Gasteiger partial charge in [0, 0.05) is 35.2 Å². The molecule has 0 atom stereocenters. The zero-order valence-electron chi connectivity index (χ0n) is 21.0. The number of anilines is 2. The van der Waals surface area contributed by atoms with E-state index in [0.29, 0.717) is 0 Å². The van der Waals surface area contributed by atoms with Gasteiger partial charge in [-0.1, -0.05) is 18.7 Å². The number of aryl methyl sites for hydroxylation is 1. The average molecular weight is 480 g/mol. The number of rotatable bonds is 7. The third-order valence-corrected chi connectivity index (χ3v) is 6.70. The predicted octanol–water partition coefficient (Wildman–Crippen LogP) is 6.36. The second-order valence-corrected chi connectivity index (χ2v) is 9.42. The average Bonchev–Trinajstić information content (AvgIpc) is 2.88. The van der Waals surface area contributed by atoms with Gasteiger partial charge in [0.2, 0.25) is 0 Å². The molecule has 2 N–H and O–H groups in total. The van der Waals surface area contributed by atoms with Crippen LogP contribution in [0.4, 0.5) is 11.5 Å². The molecular formula is C30H33N5O. The molecule has 6 heteroatoms. The van der Waals surface area contributed by atoms with E-state index in [1.165, 1.54) is 18.4 Å². The number of hydrogen-bond acceptors (Lipinski definition) is 6. The summed E-state index contributed by atoms with van der Waals surface area (Å²) >= 11 is 0. The third kappa shape index (κ3) is 5.50. The minimum Gasteiger partial charge on any atom is -0.457 e. The lowest BCUT2D eigenvalue weighted by atomic mass is 9.90. The fourth-order valence-corrected chi connectivity index (χ4v) is 4.76. The normalized spacial score (nSPS) is 16.6. The molecule has 1 fully saturated rings. The number of benzene rings is 2. The van der Waals surface area contributed by atoms with Crippen molar-refractivity contribution in [3.05, 3.63) is 103 Å². The zero-order chi connectivity index (χ0) is 24.9. The number of hydrogen-bond donors (Lipinski definition) is 2. The van der Waals surface area contributed by atoms with Crippen LogP contribution in [0.25, 0.3) is 10.9 Å². The van der Waals surface area contributed by atoms with Crippen molar-refractivity contribution in [1.29, 1.82) is 0 Å². The topological polar surface area (TPSA) is 62.3 Å². The van der Waals surface area contributed by atoms with Gasteiger partial charge in [-0.2, -0.15) is 0 Å². The lowest BCUT2D eigenvalue weighted by molar-refractivity contribution is 0.373. The first-order valence-corrected chi connectivity index (χ1v) is 12.6. The Hall–Kier alpha value is -3.90. The maximum absolute atomic E-state index is 6.15. The van der Waals surface area contributed by atoms with Crippen molar-refractivity contribution in [1.82, 2.24) is 20.2 Å². The number of nitrogens with one attached hydrogen (secondary N) is 2. The monoisotopic (exact) mass is 479 g/mol. The molecule has 0 radical (unpaired) electrons. The van der Waals surface area contributed by atoms with Crippen LogP contribution in [0.5, 0.6) is 5.75 Å². The zero-order valence-corrected chi connectivity index (χ0v) is 21.0. The number of nitrogens with zero attached hydrogens (tertiary/aromatic N) is 3. The minimum absolute atomic E-state index is 0.734. The van der Waals surface area contributed by atoms with Crippen molar-refractivity contribution < 1.29 is 4.74 Å². The van der Waals surface area contributed by atoms with Crippen LogP contribution < -0.4 is 15.4 Å². The van der Waals surface area contributed by atoms with Crippen LogP contribution in [0.1, 0.15) is 30.9 Å². The number of ether oxygens (including phenoxy) is 1. The van der Waals surface area contributed by atoms with E-state index in [1.54, 1.807) is 6.33 Å². The van der Waals surface area contributed by atoms with E-state index in [9.17, 15) is 0 Å². The molecule has 184 valence electrons. The maximum atomic E-state index is 6.15.